The first-order valence-corrected chi connectivity index (χ1v) is 13.0. The fourth-order valence-corrected chi connectivity index (χ4v) is 4.62. The van der Waals surface area contributed by atoms with E-state index in [4.69, 9.17) is 32.7 Å². The lowest BCUT2D eigenvalue weighted by Crippen LogP contribution is -2.46. The van der Waals surface area contributed by atoms with Crippen LogP contribution in [-0.2, 0) is 0 Å². The van der Waals surface area contributed by atoms with Crippen molar-refractivity contribution in [3.63, 3.8) is 0 Å². The van der Waals surface area contributed by atoms with Crippen LogP contribution in [0.15, 0.2) is 48.7 Å². The number of pyridine rings is 1. The van der Waals surface area contributed by atoms with Crippen molar-refractivity contribution in [3.05, 3.63) is 58.7 Å². The number of hydrogen-bond acceptors (Lipinski definition) is 9. The van der Waals surface area contributed by atoms with E-state index in [9.17, 15) is 15.0 Å². The predicted molar refractivity (Wildman–Crippen MR) is 153 cm³/mol. The predicted octanol–water partition coefficient (Wildman–Crippen LogP) is 5.11. The van der Waals surface area contributed by atoms with Gasteiger partial charge in [0.2, 0.25) is 5.95 Å². The quantitative estimate of drug-likeness (QED) is 0.208. The summed E-state index contributed by atoms with van der Waals surface area (Å²) >= 11 is 13.0. The highest BCUT2D eigenvalue weighted by Crippen LogP contribution is 2.42. The van der Waals surface area contributed by atoms with E-state index in [-0.39, 0.29) is 11.8 Å². The molecule has 0 unspecified atom stereocenters. The molecule has 0 atom stereocenters. The fraction of sp³-hybridized carbons (Fsp3) is 0.259. The number of rotatable bonds is 6. The molecule has 13 heteroatoms. The molecule has 2 amide bonds. The Kier molecular flexibility index (Phi) is 7.32. The van der Waals surface area contributed by atoms with Crippen LogP contribution in [0.4, 0.5) is 22.2 Å². The van der Waals surface area contributed by atoms with Crippen LogP contribution in [0, 0.1) is 0 Å². The molecule has 0 spiro atoms. The highest BCUT2D eigenvalue weighted by molar-refractivity contribution is 6.39. The number of aliphatic hydroxyl groups excluding tert-OH is 2. The van der Waals surface area contributed by atoms with Gasteiger partial charge in [-0.3, -0.25) is 5.32 Å². The summed E-state index contributed by atoms with van der Waals surface area (Å²) in [6.45, 7) is 4.54. The largest absolute Gasteiger partial charge is 0.444 e. The molecule has 5 N–H and O–H groups in total. The summed E-state index contributed by atoms with van der Waals surface area (Å²) in [7, 11) is 0. The van der Waals surface area contributed by atoms with Crippen molar-refractivity contribution in [1.29, 1.82) is 0 Å². The normalized spacial score (nSPS) is 13.8. The van der Waals surface area contributed by atoms with Gasteiger partial charge >= 0.3 is 6.03 Å². The van der Waals surface area contributed by atoms with Gasteiger partial charge in [0.25, 0.3) is 5.79 Å². The van der Waals surface area contributed by atoms with Crippen molar-refractivity contribution >= 4 is 57.7 Å². The molecule has 40 heavy (non-hydrogen) atoms. The Morgan fingerprint density at radius 3 is 2.38 bits per heavy atom. The van der Waals surface area contributed by atoms with Crippen LogP contribution in [0.3, 0.4) is 0 Å². The third-order valence-corrected chi connectivity index (χ3v) is 6.42. The lowest BCUT2D eigenvalue weighted by Gasteiger charge is -2.22. The summed E-state index contributed by atoms with van der Waals surface area (Å²) in [6, 6.07) is 11.4. The van der Waals surface area contributed by atoms with Gasteiger partial charge in [0, 0.05) is 40.0 Å². The molecular formula is C27H26Cl2N6O5. The van der Waals surface area contributed by atoms with Gasteiger partial charge in [0.1, 0.15) is 19.0 Å². The van der Waals surface area contributed by atoms with Crippen molar-refractivity contribution < 1.29 is 24.5 Å². The summed E-state index contributed by atoms with van der Waals surface area (Å²) in [4.78, 5) is 26.3. The molecule has 4 aromatic rings. The first-order chi connectivity index (χ1) is 19.0. The molecule has 1 aliphatic rings. The van der Waals surface area contributed by atoms with Gasteiger partial charge < -0.3 is 30.3 Å². The van der Waals surface area contributed by atoms with Crippen LogP contribution in [0.25, 0.3) is 22.2 Å². The van der Waals surface area contributed by atoms with Crippen molar-refractivity contribution in [1.82, 2.24) is 20.3 Å². The molecular weight excluding hydrogens is 559 g/mol. The lowest BCUT2D eigenvalue weighted by molar-refractivity contribution is -0.143. The van der Waals surface area contributed by atoms with Gasteiger partial charge in [-0.2, -0.15) is 4.98 Å². The average Bonchev–Trinajstić information content (AvgIpc) is 3.26. The van der Waals surface area contributed by atoms with Crippen molar-refractivity contribution in [2.45, 2.75) is 32.1 Å². The Bertz CT molecular complexity index is 1590. The second kappa shape index (κ2) is 10.6. The third-order valence-electron chi connectivity index (χ3n) is 5.79. The zero-order valence-electron chi connectivity index (χ0n) is 21.7. The number of nitrogens with zero attached hydrogens (tertiary/aromatic N) is 3. The second-order valence-electron chi connectivity index (χ2n) is 10.1. The molecule has 0 aliphatic carbocycles. The van der Waals surface area contributed by atoms with Crippen molar-refractivity contribution in [3.8, 4) is 22.6 Å². The first kappa shape index (κ1) is 27.7. The minimum Gasteiger partial charge on any atom is -0.444 e. The monoisotopic (exact) mass is 584 g/mol. The number of halogens is 2. The highest BCUT2D eigenvalue weighted by Gasteiger charge is 2.40. The van der Waals surface area contributed by atoms with E-state index in [1.807, 2.05) is 20.8 Å². The molecule has 1 aliphatic heterocycles. The Balaban J connectivity index is 1.50. The second-order valence-corrected chi connectivity index (χ2v) is 10.9. The van der Waals surface area contributed by atoms with E-state index in [1.165, 1.54) is 0 Å². The summed E-state index contributed by atoms with van der Waals surface area (Å²) in [5.74, 6) is -0.381. The van der Waals surface area contributed by atoms with Crippen LogP contribution >= 0.6 is 23.2 Å². The Hall–Kier alpha value is -3.90. The van der Waals surface area contributed by atoms with Crippen LogP contribution in [0.2, 0.25) is 10.0 Å². The molecule has 2 aromatic heterocycles. The summed E-state index contributed by atoms with van der Waals surface area (Å²) in [5.41, 5.74) is 1.40. The number of hydrogen-bond donors (Lipinski definition) is 5. The molecule has 11 nitrogen and oxygen atoms in total. The Morgan fingerprint density at radius 1 is 1.00 bits per heavy atom. The number of ether oxygens (including phenoxy) is 2. The van der Waals surface area contributed by atoms with E-state index in [0.29, 0.717) is 49.4 Å². The SMILES string of the molecule is CC(C)(C)NC(=O)Nc1nc2nc(Nc3ccc4c(c3)OC(CO)(CO)O4)ncc2cc1-c1c(Cl)cccc1Cl. The van der Waals surface area contributed by atoms with E-state index >= 15 is 0 Å². The van der Waals surface area contributed by atoms with Gasteiger partial charge in [0.05, 0.1) is 10.0 Å². The number of nitrogens with one attached hydrogen (secondary N) is 3. The lowest BCUT2D eigenvalue weighted by atomic mass is 10.0. The number of amides is 2. The van der Waals surface area contributed by atoms with E-state index < -0.39 is 30.6 Å². The van der Waals surface area contributed by atoms with Crippen LogP contribution in [-0.4, -0.2) is 55.7 Å². The van der Waals surface area contributed by atoms with Gasteiger partial charge in [-0.1, -0.05) is 29.3 Å². The van der Waals surface area contributed by atoms with Gasteiger partial charge in [0.15, 0.2) is 17.1 Å². The zero-order valence-corrected chi connectivity index (χ0v) is 23.3. The fourth-order valence-electron chi connectivity index (χ4n) is 4.02. The standard InChI is InChI=1S/C27H26Cl2N6O5/c1-26(2,3)35-25(38)34-23-16(21-17(28)5-4-6-18(21)29)9-14-11-30-24(33-22(14)32-23)31-15-7-8-19-20(10-15)40-27(12-36,13-37)39-19/h4-11,36-37H,12-13H2,1-3H3,(H3,30,31,32,33,34,35,38). The molecule has 3 heterocycles. The number of carbonyl (C=O) groups excluding carboxylic acids is 1. The Labute approximate surface area is 239 Å². The first-order valence-electron chi connectivity index (χ1n) is 12.2. The average molecular weight is 585 g/mol. The third kappa shape index (κ3) is 5.68. The zero-order chi connectivity index (χ0) is 28.7. The molecule has 0 saturated heterocycles. The topological polar surface area (TPSA) is 151 Å². The molecule has 2 aromatic carbocycles. The van der Waals surface area contributed by atoms with E-state index in [1.54, 1.807) is 48.7 Å². The molecule has 0 saturated carbocycles. The van der Waals surface area contributed by atoms with Crippen molar-refractivity contribution in [2.24, 2.45) is 0 Å². The minimum atomic E-state index is -1.53. The van der Waals surface area contributed by atoms with Crippen LogP contribution in [0.1, 0.15) is 20.8 Å². The number of carbonyl (C=O) groups is 1. The summed E-state index contributed by atoms with van der Waals surface area (Å²) in [6.07, 6.45) is 1.58. The van der Waals surface area contributed by atoms with Gasteiger partial charge in [-0.25, -0.2) is 14.8 Å². The maximum Gasteiger partial charge on any atom is 0.320 e. The molecule has 0 radical (unpaired) electrons. The molecule has 208 valence electrons. The van der Waals surface area contributed by atoms with Crippen molar-refractivity contribution in [2.75, 3.05) is 23.8 Å². The minimum absolute atomic E-state index is 0.210. The molecule has 0 bridgehead atoms. The number of aromatic nitrogens is 3. The van der Waals surface area contributed by atoms with E-state index in [0.717, 1.165) is 0 Å². The number of aliphatic hydroxyl groups is 2. The van der Waals surface area contributed by atoms with Crippen LogP contribution < -0.4 is 25.4 Å². The number of fused-ring (bicyclic) bond motifs is 2. The number of anilines is 3. The Morgan fingerprint density at radius 2 is 1.70 bits per heavy atom. The number of benzene rings is 2. The summed E-state index contributed by atoms with van der Waals surface area (Å²) < 4.78 is 11.2. The smallest absolute Gasteiger partial charge is 0.320 e. The molecule has 0 fully saturated rings. The maximum atomic E-state index is 12.8. The van der Waals surface area contributed by atoms with Crippen LogP contribution in [0.5, 0.6) is 11.5 Å². The van der Waals surface area contributed by atoms with Gasteiger partial charge in [-0.05, 0) is 51.1 Å². The maximum absolute atomic E-state index is 12.8. The summed E-state index contributed by atoms with van der Waals surface area (Å²) in [5, 5.41) is 29.2. The highest BCUT2D eigenvalue weighted by atomic mass is 35.5. The van der Waals surface area contributed by atoms with Gasteiger partial charge in [-0.15, -0.1) is 0 Å². The number of urea groups is 1. The van der Waals surface area contributed by atoms with E-state index in [2.05, 4.69) is 30.9 Å². The molecule has 5 rings (SSSR count).